The molecule has 0 amide bonds. The molecule has 0 spiro atoms. The van der Waals surface area contributed by atoms with Crippen LogP contribution in [0.3, 0.4) is 0 Å². The summed E-state index contributed by atoms with van der Waals surface area (Å²) >= 11 is 0. The Labute approximate surface area is 162 Å². The van der Waals surface area contributed by atoms with Gasteiger partial charge in [0.2, 0.25) is 0 Å². The summed E-state index contributed by atoms with van der Waals surface area (Å²) in [7, 11) is 0. The quantitative estimate of drug-likeness (QED) is 0.526. The minimum Gasteiger partial charge on any atom is -0.362 e. The highest BCUT2D eigenvalue weighted by atomic mass is 16.6. The van der Waals surface area contributed by atoms with E-state index in [4.69, 9.17) is 5.26 Å². The maximum Gasteiger partial charge on any atom is 0.293 e. The predicted molar refractivity (Wildman–Crippen MR) is 110 cm³/mol. The Balaban J connectivity index is 1.65. The number of aromatic nitrogens is 1. The number of benzene rings is 2. The van der Waals surface area contributed by atoms with E-state index in [2.05, 4.69) is 42.4 Å². The third-order valence-corrected chi connectivity index (χ3v) is 5.38. The first-order chi connectivity index (χ1) is 13.6. The summed E-state index contributed by atoms with van der Waals surface area (Å²) in [5.74, 6) is 0. The molecule has 0 fully saturated rings. The number of hydrogen-bond donors (Lipinski definition) is 1. The van der Waals surface area contributed by atoms with Crippen LogP contribution in [-0.2, 0) is 6.42 Å². The van der Waals surface area contributed by atoms with Crippen LogP contribution in [0.2, 0.25) is 0 Å². The van der Waals surface area contributed by atoms with Gasteiger partial charge in [-0.05, 0) is 36.1 Å². The van der Waals surface area contributed by atoms with Gasteiger partial charge < -0.3 is 9.88 Å². The first kappa shape index (κ1) is 17.8. The van der Waals surface area contributed by atoms with E-state index in [0.717, 1.165) is 12.8 Å². The van der Waals surface area contributed by atoms with Gasteiger partial charge in [-0.2, -0.15) is 5.26 Å². The van der Waals surface area contributed by atoms with Crippen LogP contribution in [0.5, 0.6) is 0 Å². The van der Waals surface area contributed by atoms with E-state index in [0.29, 0.717) is 24.3 Å². The maximum atomic E-state index is 11.4. The number of anilines is 1. The average Bonchev–Trinajstić information content (AvgIpc) is 3.17. The summed E-state index contributed by atoms with van der Waals surface area (Å²) in [5.41, 5.74) is 5.80. The van der Waals surface area contributed by atoms with Crippen molar-refractivity contribution in [3.63, 3.8) is 0 Å². The van der Waals surface area contributed by atoms with Crippen molar-refractivity contribution >= 4 is 27.9 Å². The third-order valence-electron chi connectivity index (χ3n) is 5.38. The van der Waals surface area contributed by atoms with Gasteiger partial charge in [0.15, 0.2) is 0 Å². The Hall–Kier alpha value is -3.59. The van der Waals surface area contributed by atoms with Gasteiger partial charge in [0.05, 0.1) is 16.6 Å². The maximum absolute atomic E-state index is 11.4. The van der Waals surface area contributed by atoms with Gasteiger partial charge in [-0.1, -0.05) is 31.2 Å². The molecule has 6 nitrogen and oxygen atoms in total. The zero-order chi connectivity index (χ0) is 19.7. The highest BCUT2D eigenvalue weighted by Gasteiger charge is 2.23. The number of hydrogen-bond acceptors (Lipinski definition) is 4. The topological polar surface area (TPSA) is 86.0 Å². The van der Waals surface area contributed by atoms with Gasteiger partial charge in [-0.25, -0.2) is 0 Å². The van der Waals surface area contributed by atoms with Crippen molar-refractivity contribution in [1.29, 1.82) is 5.26 Å². The summed E-state index contributed by atoms with van der Waals surface area (Å²) in [6.07, 6.45) is 6.00. The van der Waals surface area contributed by atoms with E-state index in [9.17, 15) is 10.1 Å². The zero-order valence-corrected chi connectivity index (χ0v) is 15.6. The number of H-pyrrole nitrogens is 1. The Morgan fingerprint density at radius 2 is 2.18 bits per heavy atom. The van der Waals surface area contributed by atoms with E-state index in [1.165, 1.54) is 33.7 Å². The fraction of sp³-hybridized carbons (Fsp3) is 0.227. The first-order valence-electron chi connectivity index (χ1n) is 9.34. The van der Waals surface area contributed by atoms with E-state index >= 15 is 0 Å². The molecule has 0 unspecified atom stereocenters. The Kier molecular flexibility index (Phi) is 4.58. The van der Waals surface area contributed by atoms with Gasteiger partial charge in [0.25, 0.3) is 5.69 Å². The lowest BCUT2D eigenvalue weighted by Gasteiger charge is -2.28. The molecule has 1 aliphatic rings. The lowest BCUT2D eigenvalue weighted by Crippen LogP contribution is -2.28. The fourth-order valence-electron chi connectivity index (χ4n) is 3.92. The highest BCUT2D eigenvalue weighted by Crippen LogP contribution is 2.35. The number of nitro benzene ring substituents is 1. The minimum atomic E-state index is -0.415. The second-order valence-electron chi connectivity index (χ2n) is 6.89. The van der Waals surface area contributed by atoms with Crippen molar-refractivity contribution in [1.82, 2.24) is 4.98 Å². The number of aryl methyl sites for hydroxylation is 1. The number of fused-ring (bicyclic) bond motifs is 1. The number of nitrogens with zero attached hydrogens (tertiary/aromatic N) is 3. The molecule has 28 heavy (non-hydrogen) atoms. The average molecular weight is 372 g/mol. The zero-order valence-electron chi connectivity index (χ0n) is 15.6. The van der Waals surface area contributed by atoms with Gasteiger partial charge in [-0.15, -0.1) is 0 Å². The number of rotatable bonds is 4. The van der Waals surface area contributed by atoms with Crippen LogP contribution < -0.4 is 4.90 Å². The molecule has 0 atom stereocenters. The van der Waals surface area contributed by atoms with Crippen LogP contribution in [0.15, 0.2) is 48.7 Å². The molecule has 0 aliphatic carbocycles. The molecule has 2 heterocycles. The molecule has 6 heteroatoms. The third kappa shape index (κ3) is 3.01. The van der Waals surface area contributed by atoms with Gasteiger partial charge >= 0.3 is 0 Å². The number of nitrogens with one attached hydrogen (secondary N) is 1. The van der Waals surface area contributed by atoms with Crippen LogP contribution in [0.25, 0.3) is 16.5 Å². The lowest BCUT2D eigenvalue weighted by atomic mass is 9.97. The second-order valence-corrected chi connectivity index (χ2v) is 6.89. The molecule has 1 aliphatic heterocycles. The van der Waals surface area contributed by atoms with Crippen molar-refractivity contribution in [2.75, 3.05) is 18.0 Å². The first-order valence-corrected chi connectivity index (χ1v) is 9.34. The Morgan fingerprint density at radius 1 is 1.32 bits per heavy atom. The van der Waals surface area contributed by atoms with Crippen molar-refractivity contribution in [2.24, 2.45) is 0 Å². The summed E-state index contributed by atoms with van der Waals surface area (Å²) in [5, 5.41) is 21.7. The van der Waals surface area contributed by atoms with Crippen LogP contribution >= 0.6 is 0 Å². The molecule has 0 bridgehead atoms. The Bertz CT molecular complexity index is 1140. The molecular formula is C22H20N4O2. The number of nitriles is 1. The summed E-state index contributed by atoms with van der Waals surface area (Å²) in [4.78, 5) is 16.4. The summed E-state index contributed by atoms with van der Waals surface area (Å²) < 4.78 is 0. The molecule has 0 saturated carbocycles. The number of para-hydroxylation sites is 1. The van der Waals surface area contributed by atoms with E-state index in [1.54, 1.807) is 12.1 Å². The molecule has 3 aromatic rings. The largest absolute Gasteiger partial charge is 0.362 e. The molecule has 1 N–H and O–H groups in total. The number of nitro groups is 1. The molecule has 140 valence electrons. The van der Waals surface area contributed by atoms with E-state index in [-0.39, 0.29) is 5.69 Å². The molecule has 4 rings (SSSR count). The van der Waals surface area contributed by atoms with Gasteiger partial charge in [-0.3, -0.25) is 10.1 Å². The molecule has 1 aromatic heterocycles. The SMILES string of the molecule is CCc1cccc2c(C3=CCN(c4ccc(C#N)cc4[N+](=O)[O-])CC3)c[nH]c12. The second kappa shape index (κ2) is 7.20. The van der Waals surface area contributed by atoms with Gasteiger partial charge in [0.1, 0.15) is 5.69 Å². The van der Waals surface area contributed by atoms with Gasteiger partial charge in [0, 0.05) is 41.8 Å². The van der Waals surface area contributed by atoms with Crippen molar-refractivity contribution in [2.45, 2.75) is 19.8 Å². The standard InChI is InChI=1S/C22H20N4O2/c1-2-16-4-3-5-18-19(14-24-22(16)18)17-8-10-25(11-9-17)20-7-6-15(13-23)12-21(20)26(27)28/h3-8,12,14,24H,2,9-11H2,1H3. The van der Waals surface area contributed by atoms with Crippen molar-refractivity contribution in [3.8, 4) is 6.07 Å². The molecule has 0 saturated heterocycles. The lowest BCUT2D eigenvalue weighted by molar-refractivity contribution is -0.384. The predicted octanol–water partition coefficient (Wildman–Crippen LogP) is 4.80. The summed E-state index contributed by atoms with van der Waals surface area (Å²) in [6, 6.07) is 13.0. The van der Waals surface area contributed by atoms with Crippen LogP contribution in [0.1, 0.15) is 30.0 Å². The van der Waals surface area contributed by atoms with Crippen LogP contribution in [0, 0.1) is 21.4 Å². The fourth-order valence-corrected chi connectivity index (χ4v) is 3.92. The van der Waals surface area contributed by atoms with Crippen molar-refractivity contribution < 1.29 is 4.92 Å². The van der Waals surface area contributed by atoms with E-state index in [1.807, 2.05) is 11.0 Å². The van der Waals surface area contributed by atoms with Crippen LogP contribution in [0.4, 0.5) is 11.4 Å². The van der Waals surface area contributed by atoms with E-state index < -0.39 is 4.92 Å². The molecule has 0 radical (unpaired) electrons. The number of aromatic amines is 1. The minimum absolute atomic E-state index is 0.0180. The molecular weight excluding hydrogens is 352 g/mol. The van der Waals surface area contributed by atoms with Crippen molar-refractivity contribution in [3.05, 3.63) is 75.5 Å². The highest BCUT2D eigenvalue weighted by molar-refractivity contribution is 5.94. The smallest absolute Gasteiger partial charge is 0.293 e. The monoisotopic (exact) mass is 372 g/mol. The normalized spacial score (nSPS) is 14.0. The molecule has 2 aromatic carbocycles. The summed E-state index contributed by atoms with van der Waals surface area (Å²) in [6.45, 7) is 3.44. The Morgan fingerprint density at radius 3 is 2.86 bits per heavy atom. The van der Waals surface area contributed by atoms with Crippen LogP contribution in [-0.4, -0.2) is 23.0 Å².